The summed E-state index contributed by atoms with van der Waals surface area (Å²) in [4.78, 5) is 14.6. The Kier molecular flexibility index (Phi) is 2.94. The second kappa shape index (κ2) is 4.62. The van der Waals surface area contributed by atoms with Crippen LogP contribution >= 0.6 is 0 Å². The van der Waals surface area contributed by atoms with Gasteiger partial charge in [0.2, 0.25) is 0 Å². The number of fused-ring (bicyclic) bond motifs is 1. The Bertz CT molecular complexity index is 599. The number of hydrogen-bond donors (Lipinski definition) is 0. The largest absolute Gasteiger partial charge is 0.377 e. The standard InChI is InChI=1S/C13H16N4O2/c1-9-6-19-7-10(2)17(9)13(18)11-4-3-5-12-15-14-8-16(11)12/h3-5,8-10H,6-7H2,1-2H3. The van der Waals surface area contributed by atoms with E-state index in [1.54, 1.807) is 16.8 Å². The Morgan fingerprint density at radius 3 is 2.79 bits per heavy atom. The number of carbonyl (C=O) groups is 1. The molecule has 1 amide bonds. The molecule has 2 aromatic heterocycles. The van der Waals surface area contributed by atoms with E-state index in [1.807, 2.05) is 30.9 Å². The van der Waals surface area contributed by atoms with Gasteiger partial charge in [0.1, 0.15) is 12.0 Å². The van der Waals surface area contributed by atoms with Gasteiger partial charge in [-0.2, -0.15) is 0 Å². The van der Waals surface area contributed by atoms with Crippen LogP contribution in [0.4, 0.5) is 0 Å². The number of ether oxygens (including phenoxy) is 1. The van der Waals surface area contributed by atoms with Crippen LogP contribution in [-0.4, -0.2) is 50.7 Å². The Labute approximate surface area is 111 Å². The van der Waals surface area contributed by atoms with Crippen LogP contribution < -0.4 is 0 Å². The summed E-state index contributed by atoms with van der Waals surface area (Å²) in [5.74, 6) is -0.00583. The van der Waals surface area contributed by atoms with E-state index in [4.69, 9.17) is 4.74 Å². The van der Waals surface area contributed by atoms with Crippen LogP contribution in [0.25, 0.3) is 5.65 Å². The summed E-state index contributed by atoms with van der Waals surface area (Å²) >= 11 is 0. The highest BCUT2D eigenvalue weighted by atomic mass is 16.5. The van der Waals surface area contributed by atoms with E-state index < -0.39 is 0 Å². The maximum Gasteiger partial charge on any atom is 0.271 e. The molecule has 0 bridgehead atoms. The topological polar surface area (TPSA) is 59.7 Å². The maximum absolute atomic E-state index is 12.7. The molecule has 100 valence electrons. The SMILES string of the molecule is CC1COCC(C)N1C(=O)c1cccc2nncn12. The second-order valence-corrected chi connectivity index (χ2v) is 4.92. The van der Waals surface area contributed by atoms with Crippen molar-refractivity contribution in [2.75, 3.05) is 13.2 Å². The molecule has 1 fully saturated rings. The summed E-state index contributed by atoms with van der Waals surface area (Å²) in [6.07, 6.45) is 1.57. The normalized spacial score (nSPS) is 23.8. The summed E-state index contributed by atoms with van der Waals surface area (Å²) in [5, 5.41) is 7.81. The molecule has 1 aliphatic heterocycles. The molecule has 3 rings (SSSR count). The molecule has 6 heteroatoms. The third-order valence-corrected chi connectivity index (χ3v) is 3.45. The van der Waals surface area contributed by atoms with Crippen molar-refractivity contribution in [2.45, 2.75) is 25.9 Å². The van der Waals surface area contributed by atoms with E-state index in [9.17, 15) is 4.79 Å². The lowest BCUT2D eigenvalue weighted by atomic mass is 10.1. The van der Waals surface area contributed by atoms with Crippen LogP contribution in [-0.2, 0) is 4.74 Å². The molecule has 0 spiro atoms. The van der Waals surface area contributed by atoms with Crippen molar-refractivity contribution >= 4 is 11.6 Å². The quantitative estimate of drug-likeness (QED) is 0.767. The molecule has 0 aromatic carbocycles. The lowest BCUT2D eigenvalue weighted by Crippen LogP contribution is -2.52. The zero-order valence-electron chi connectivity index (χ0n) is 11.0. The van der Waals surface area contributed by atoms with Crippen molar-refractivity contribution < 1.29 is 9.53 Å². The predicted octanol–water partition coefficient (Wildman–Crippen LogP) is 0.979. The fourth-order valence-electron chi connectivity index (χ4n) is 2.56. The zero-order valence-corrected chi connectivity index (χ0v) is 11.0. The first-order valence-corrected chi connectivity index (χ1v) is 6.37. The van der Waals surface area contributed by atoms with Gasteiger partial charge in [-0.3, -0.25) is 9.20 Å². The predicted molar refractivity (Wildman–Crippen MR) is 68.9 cm³/mol. The molecule has 6 nitrogen and oxygen atoms in total. The molecule has 0 N–H and O–H groups in total. The first-order chi connectivity index (χ1) is 9.18. The summed E-state index contributed by atoms with van der Waals surface area (Å²) in [6, 6.07) is 5.60. The fourth-order valence-corrected chi connectivity index (χ4v) is 2.56. The van der Waals surface area contributed by atoms with Gasteiger partial charge < -0.3 is 9.64 Å². The number of carbonyl (C=O) groups excluding carboxylic acids is 1. The first-order valence-electron chi connectivity index (χ1n) is 6.37. The molecule has 0 aliphatic carbocycles. The van der Waals surface area contributed by atoms with Crippen molar-refractivity contribution in [1.29, 1.82) is 0 Å². The summed E-state index contributed by atoms with van der Waals surface area (Å²) in [6.45, 7) is 5.15. The van der Waals surface area contributed by atoms with E-state index in [0.29, 0.717) is 24.6 Å². The summed E-state index contributed by atoms with van der Waals surface area (Å²) in [5.41, 5.74) is 1.27. The van der Waals surface area contributed by atoms with Gasteiger partial charge in [-0.15, -0.1) is 10.2 Å². The van der Waals surface area contributed by atoms with Crippen LogP contribution in [0.1, 0.15) is 24.3 Å². The van der Waals surface area contributed by atoms with E-state index in [2.05, 4.69) is 10.2 Å². The zero-order chi connectivity index (χ0) is 13.4. The monoisotopic (exact) mass is 260 g/mol. The minimum Gasteiger partial charge on any atom is -0.377 e. The number of amides is 1. The third kappa shape index (κ3) is 1.98. The Morgan fingerprint density at radius 1 is 1.32 bits per heavy atom. The Balaban J connectivity index is 2.01. The third-order valence-electron chi connectivity index (χ3n) is 3.45. The van der Waals surface area contributed by atoms with Crippen molar-refractivity contribution in [2.24, 2.45) is 0 Å². The lowest BCUT2D eigenvalue weighted by Gasteiger charge is -2.38. The highest BCUT2D eigenvalue weighted by Gasteiger charge is 2.31. The first kappa shape index (κ1) is 12.1. The molecular weight excluding hydrogens is 244 g/mol. The van der Waals surface area contributed by atoms with Gasteiger partial charge in [-0.1, -0.05) is 6.07 Å². The molecule has 1 aliphatic rings. The number of nitrogens with zero attached hydrogens (tertiary/aromatic N) is 4. The highest BCUT2D eigenvalue weighted by molar-refractivity contribution is 5.93. The number of morpholine rings is 1. The second-order valence-electron chi connectivity index (χ2n) is 4.92. The smallest absolute Gasteiger partial charge is 0.271 e. The van der Waals surface area contributed by atoms with Crippen molar-refractivity contribution in [3.63, 3.8) is 0 Å². The number of aromatic nitrogens is 3. The fraction of sp³-hybridized carbons (Fsp3) is 0.462. The van der Waals surface area contributed by atoms with Gasteiger partial charge in [0.25, 0.3) is 5.91 Å². The minimum absolute atomic E-state index is 0.00583. The van der Waals surface area contributed by atoms with Gasteiger partial charge in [-0.25, -0.2) is 0 Å². The molecule has 2 unspecified atom stereocenters. The average molecular weight is 260 g/mol. The van der Waals surface area contributed by atoms with Gasteiger partial charge in [0, 0.05) is 0 Å². The van der Waals surface area contributed by atoms with Crippen LogP contribution in [0.15, 0.2) is 24.5 Å². The van der Waals surface area contributed by atoms with Crippen molar-refractivity contribution in [3.05, 3.63) is 30.2 Å². The van der Waals surface area contributed by atoms with Crippen molar-refractivity contribution in [3.8, 4) is 0 Å². The Morgan fingerprint density at radius 2 is 2.05 bits per heavy atom. The van der Waals surface area contributed by atoms with E-state index in [1.165, 1.54) is 0 Å². The van der Waals surface area contributed by atoms with Crippen LogP contribution in [0, 0.1) is 0 Å². The van der Waals surface area contributed by atoms with Gasteiger partial charge in [0.05, 0.1) is 25.3 Å². The van der Waals surface area contributed by atoms with Crippen LogP contribution in [0.3, 0.4) is 0 Å². The number of hydrogen-bond acceptors (Lipinski definition) is 4. The maximum atomic E-state index is 12.7. The van der Waals surface area contributed by atoms with Crippen LogP contribution in [0.2, 0.25) is 0 Å². The highest BCUT2D eigenvalue weighted by Crippen LogP contribution is 2.17. The molecule has 19 heavy (non-hydrogen) atoms. The van der Waals surface area contributed by atoms with Gasteiger partial charge in [-0.05, 0) is 26.0 Å². The molecule has 2 atom stereocenters. The van der Waals surface area contributed by atoms with Crippen LogP contribution in [0.5, 0.6) is 0 Å². The van der Waals surface area contributed by atoms with E-state index in [0.717, 1.165) is 0 Å². The average Bonchev–Trinajstić information content (AvgIpc) is 2.86. The Hall–Kier alpha value is -1.95. The summed E-state index contributed by atoms with van der Waals surface area (Å²) < 4.78 is 7.18. The number of pyridine rings is 1. The van der Waals surface area contributed by atoms with E-state index in [-0.39, 0.29) is 18.0 Å². The molecule has 0 radical (unpaired) electrons. The summed E-state index contributed by atoms with van der Waals surface area (Å²) in [7, 11) is 0. The van der Waals surface area contributed by atoms with E-state index >= 15 is 0 Å². The molecule has 3 heterocycles. The lowest BCUT2D eigenvalue weighted by molar-refractivity contribution is -0.0253. The molecule has 0 saturated carbocycles. The molecular formula is C13H16N4O2. The molecule has 2 aromatic rings. The molecule has 1 saturated heterocycles. The number of rotatable bonds is 1. The van der Waals surface area contributed by atoms with Crippen molar-refractivity contribution in [1.82, 2.24) is 19.5 Å². The van der Waals surface area contributed by atoms with Gasteiger partial charge in [0.15, 0.2) is 5.65 Å². The minimum atomic E-state index is -0.00583. The van der Waals surface area contributed by atoms with Gasteiger partial charge >= 0.3 is 0 Å².